The Morgan fingerprint density at radius 2 is 2.27 bits per heavy atom. The zero-order valence-corrected chi connectivity index (χ0v) is 9.13. The summed E-state index contributed by atoms with van der Waals surface area (Å²) >= 11 is 0. The molecule has 0 amide bonds. The molecule has 15 heavy (non-hydrogen) atoms. The van der Waals surface area contributed by atoms with Gasteiger partial charge in [0, 0.05) is 25.2 Å². The molecule has 2 heterocycles. The predicted molar refractivity (Wildman–Crippen MR) is 58.5 cm³/mol. The summed E-state index contributed by atoms with van der Waals surface area (Å²) in [5.74, 6) is 0.569. The molecule has 1 aromatic rings. The first-order valence-electron chi connectivity index (χ1n) is 5.18. The molecule has 0 saturated carbocycles. The highest BCUT2D eigenvalue weighted by atomic mass is 19.1. The lowest BCUT2D eigenvalue weighted by molar-refractivity contribution is 0.351. The predicted octanol–water partition coefficient (Wildman–Crippen LogP) is 1.41. The van der Waals surface area contributed by atoms with Gasteiger partial charge in [-0.1, -0.05) is 0 Å². The van der Waals surface area contributed by atoms with Crippen LogP contribution in [0.1, 0.15) is 13.8 Å². The Balaban J connectivity index is 2.13. The smallest absolute Gasteiger partial charge is 0.141 e. The highest BCUT2D eigenvalue weighted by Gasteiger charge is 2.26. The summed E-state index contributed by atoms with van der Waals surface area (Å²) in [6.07, 6.45) is 1.27. The van der Waals surface area contributed by atoms with E-state index in [0.29, 0.717) is 0 Å². The lowest BCUT2D eigenvalue weighted by Gasteiger charge is -2.39. The summed E-state index contributed by atoms with van der Waals surface area (Å²) in [7, 11) is 0. The van der Waals surface area contributed by atoms with E-state index in [1.165, 1.54) is 12.3 Å². The first-order valence-corrected chi connectivity index (χ1v) is 5.18. The summed E-state index contributed by atoms with van der Waals surface area (Å²) in [5, 5.41) is 3.43. The summed E-state index contributed by atoms with van der Waals surface area (Å²) in [6, 6.07) is 3.19. The van der Waals surface area contributed by atoms with Crippen molar-refractivity contribution in [3.05, 3.63) is 24.1 Å². The third-order valence-electron chi connectivity index (χ3n) is 2.61. The number of halogens is 1. The molecule has 1 N–H and O–H groups in total. The van der Waals surface area contributed by atoms with Gasteiger partial charge in [-0.15, -0.1) is 0 Å². The SMILES string of the molecule is CC1(C)CN(c2ccc(F)cn2)CCN1. The number of rotatable bonds is 1. The van der Waals surface area contributed by atoms with Gasteiger partial charge in [-0.3, -0.25) is 0 Å². The number of nitrogens with one attached hydrogen (secondary N) is 1. The minimum atomic E-state index is -0.284. The molecule has 0 radical (unpaired) electrons. The number of anilines is 1. The van der Waals surface area contributed by atoms with E-state index in [1.807, 2.05) is 0 Å². The van der Waals surface area contributed by atoms with Crippen LogP contribution < -0.4 is 10.2 Å². The van der Waals surface area contributed by atoms with Gasteiger partial charge in [0.15, 0.2) is 0 Å². The van der Waals surface area contributed by atoms with Gasteiger partial charge < -0.3 is 10.2 Å². The van der Waals surface area contributed by atoms with Gasteiger partial charge in [-0.05, 0) is 26.0 Å². The Kier molecular flexibility index (Phi) is 2.61. The van der Waals surface area contributed by atoms with Crippen molar-refractivity contribution in [2.24, 2.45) is 0 Å². The van der Waals surface area contributed by atoms with E-state index >= 15 is 0 Å². The second-order valence-corrected chi connectivity index (χ2v) is 4.57. The van der Waals surface area contributed by atoms with Crippen LogP contribution in [0.5, 0.6) is 0 Å². The van der Waals surface area contributed by atoms with Crippen LogP contribution in [0.15, 0.2) is 18.3 Å². The molecule has 2 rings (SSSR count). The molecule has 1 aromatic heterocycles. The van der Waals surface area contributed by atoms with Crippen molar-refractivity contribution in [1.82, 2.24) is 10.3 Å². The summed E-state index contributed by atoms with van der Waals surface area (Å²) in [4.78, 5) is 6.27. The van der Waals surface area contributed by atoms with Gasteiger partial charge in [0.1, 0.15) is 11.6 Å². The van der Waals surface area contributed by atoms with Crippen molar-refractivity contribution in [3.8, 4) is 0 Å². The van der Waals surface area contributed by atoms with Gasteiger partial charge in [0.05, 0.1) is 6.20 Å². The van der Waals surface area contributed by atoms with E-state index in [2.05, 4.69) is 29.0 Å². The minimum Gasteiger partial charge on any atom is -0.354 e. The second kappa shape index (κ2) is 3.77. The maximum Gasteiger partial charge on any atom is 0.141 e. The Bertz CT molecular complexity index is 334. The summed E-state index contributed by atoms with van der Waals surface area (Å²) in [5.41, 5.74) is 0.0916. The number of hydrogen-bond donors (Lipinski definition) is 1. The van der Waals surface area contributed by atoms with Crippen LogP contribution in [0.25, 0.3) is 0 Å². The fourth-order valence-corrected chi connectivity index (χ4v) is 1.89. The van der Waals surface area contributed by atoms with Crippen LogP contribution in [-0.2, 0) is 0 Å². The highest BCUT2D eigenvalue weighted by Crippen LogP contribution is 2.17. The summed E-state index contributed by atoms with van der Waals surface area (Å²) in [6.45, 7) is 7.06. The molecule has 1 saturated heterocycles. The number of pyridine rings is 1. The zero-order chi connectivity index (χ0) is 10.9. The normalized spacial score (nSPS) is 20.3. The standard InChI is InChI=1S/C11H16FN3/c1-11(2)8-15(6-5-14-11)10-4-3-9(12)7-13-10/h3-4,7,14H,5-6,8H2,1-2H3. The highest BCUT2D eigenvalue weighted by molar-refractivity contribution is 5.39. The molecule has 1 aliphatic rings. The van der Waals surface area contributed by atoms with Crippen LogP contribution in [0.4, 0.5) is 10.2 Å². The molecule has 0 atom stereocenters. The van der Waals surface area contributed by atoms with E-state index in [0.717, 1.165) is 25.5 Å². The number of nitrogens with zero attached hydrogens (tertiary/aromatic N) is 2. The maximum atomic E-state index is 12.7. The molecule has 0 unspecified atom stereocenters. The van der Waals surface area contributed by atoms with Crippen LogP contribution in [0.2, 0.25) is 0 Å². The molecule has 3 nitrogen and oxygen atoms in total. The van der Waals surface area contributed by atoms with Crippen LogP contribution in [0, 0.1) is 5.82 Å². The summed E-state index contributed by atoms with van der Waals surface area (Å²) < 4.78 is 12.7. The van der Waals surface area contributed by atoms with Crippen molar-refractivity contribution in [2.45, 2.75) is 19.4 Å². The van der Waals surface area contributed by atoms with Gasteiger partial charge in [-0.2, -0.15) is 0 Å². The van der Waals surface area contributed by atoms with Crippen LogP contribution in [-0.4, -0.2) is 30.2 Å². The van der Waals surface area contributed by atoms with E-state index in [1.54, 1.807) is 6.07 Å². The molecule has 1 fully saturated rings. The molecular formula is C11H16FN3. The third kappa shape index (κ3) is 2.45. The van der Waals surface area contributed by atoms with Crippen LogP contribution in [0.3, 0.4) is 0 Å². The van der Waals surface area contributed by atoms with E-state index in [-0.39, 0.29) is 11.4 Å². The van der Waals surface area contributed by atoms with Crippen LogP contribution >= 0.6 is 0 Å². The minimum absolute atomic E-state index is 0.0916. The Hall–Kier alpha value is -1.16. The second-order valence-electron chi connectivity index (χ2n) is 4.57. The van der Waals surface area contributed by atoms with Gasteiger partial charge in [0.2, 0.25) is 0 Å². The van der Waals surface area contributed by atoms with E-state index < -0.39 is 0 Å². The maximum absolute atomic E-state index is 12.7. The first-order chi connectivity index (χ1) is 7.07. The first kappa shape index (κ1) is 10.4. The van der Waals surface area contributed by atoms with E-state index in [9.17, 15) is 4.39 Å². The Morgan fingerprint density at radius 1 is 1.47 bits per heavy atom. The largest absolute Gasteiger partial charge is 0.354 e. The lowest BCUT2D eigenvalue weighted by Crippen LogP contribution is -2.57. The molecule has 0 bridgehead atoms. The Labute approximate surface area is 89.3 Å². The fourth-order valence-electron chi connectivity index (χ4n) is 1.89. The van der Waals surface area contributed by atoms with Crippen molar-refractivity contribution in [2.75, 3.05) is 24.5 Å². The number of hydrogen-bond acceptors (Lipinski definition) is 3. The molecule has 1 aliphatic heterocycles. The molecule has 0 aromatic carbocycles. The average molecular weight is 209 g/mol. The molecule has 0 spiro atoms. The van der Waals surface area contributed by atoms with Crippen molar-refractivity contribution < 1.29 is 4.39 Å². The average Bonchev–Trinajstić information content (AvgIpc) is 2.17. The van der Waals surface area contributed by atoms with Gasteiger partial charge in [-0.25, -0.2) is 9.37 Å². The van der Waals surface area contributed by atoms with Crippen molar-refractivity contribution in [3.63, 3.8) is 0 Å². The van der Waals surface area contributed by atoms with Gasteiger partial charge >= 0.3 is 0 Å². The third-order valence-corrected chi connectivity index (χ3v) is 2.61. The number of aromatic nitrogens is 1. The van der Waals surface area contributed by atoms with Gasteiger partial charge in [0.25, 0.3) is 0 Å². The Morgan fingerprint density at radius 3 is 2.87 bits per heavy atom. The molecule has 4 heteroatoms. The quantitative estimate of drug-likeness (QED) is 0.758. The molecular weight excluding hydrogens is 193 g/mol. The number of piperazine rings is 1. The fraction of sp³-hybridized carbons (Fsp3) is 0.545. The zero-order valence-electron chi connectivity index (χ0n) is 9.13. The monoisotopic (exact) mass is 209 g/mol. The molecule has 0 aliphatic carbocycles. The van der Waals surface area contributed by atoms with E-state index in [4.69, 9.17) is 0 Å². The topological polar surface area (TPSA) is 28.2 Å². The van der Waals surface area contributed by atoms with Crippen molar-refractivity contribution in [1.29, 1.82) is 0 Å². The van der Waals surface area contributed by atoms with Crippen molar-refractivity contribution >= 4 is 5.82 Å². The lowest BCUT2D eigenvalue weighted by atomic mass is 10.0. The molecule has 82 valence electrons.